The number of nitrogens with one attached hydrogen (secondary N) is 3. The summed E-state index contributed by atoms with van der Waals surface area (Å²) >= 11 is 0. The van der Waals surface area contributed by atoms with Crippen molar-refractivity contribution in [3.05, 3.63) is 47.5 Å². The second-order valence-electron chi connectivity index (χ2n) is 5.80. The number of aromatic nitrogens is 2. The SMILES string of the molecule is Cc1ccc(NC(=O)CCNC(=O)[C@@H](N)Cc2cnc[nH]2)c(C)c1. The minimum absolute atomic E-state index is 0.149. The Labute approximate surface area is 141 Å². The number of nitrogens with two attached hydrogens (primary N) is 1. The molecule has 0 radical (unpaired) electrons. The molecule has 24 heavy (non-hydrogen) atoms. The molecule has 0 aliphatic heterocycles. The van der Waals surface area contributed by atoms with Gasteiger partial charge in [0.05, 0.1) is 12.4 Å². The van der Waals surface area contributed by atoms with E-state index < -0.39 is 6.04 Å². The fourth-order valence-corrected chi connectivity index (χ4v) is 2.32. The van der Waals surface area contributed by atoms with Gasteiger partial charge in [0.1, 0.15) is 0 Å². The highest BCUT2D eigenvalue weighted by atomic mass is 16.2. The summed E-state index contributed by atoms with van der Waals surface area (Å²) < 4.78 is 0. The van der Waals surface area contributed by atoms with E-state index >= 15 is 0 Å². The molecule has 2 amide bonds. The molecule has 0 bridgehead atoms. The molecule has 0 aliphatic rings. The molecular weight excluding hydrogens is 306 g/mol. The van der Waals surface area contributed by atoms with Gasteiger partial charge in [-0.3, -0.25) is 9.59 Å². The molecular formula is C17H23N5O2. The third-order valence-corrected chi connectivity index (χ3v) is 3.64. The van der Waals surface area contributed by atoms with Gasteiger partial charge in [0.25, 0.3) is 0 Å². The molecule has 7 heteroatoms. The fraction of sp³-hybridized carbons (Fsp3) is 0.353. The van der Waals surface area contributed by atoms with E-state index in [-0.39, 0.29) is 24.8 Å². The first-order valence-corrected chi connectivity index (χ1v) is 7.83. The zero-order valence-electron chi connectivity index (χ0n) is 13.9. The van der Waals surface area contributed by atoms with Crippen molar-refractivity contribution in [3.8, 4) is 0 Å². The number of imidazole rings is 1. The van der Waals surface area contributed by atoms with Crippen LogP contribution in [0.5, 0.6) is 0 Å². The monoisotopic (exact) mass is 329 g/mol. The zero-order valence-corrected chi connectivity index (χ0v) is 13.9. The van der Waals surface area contributed by atoms with Crippen molar-refractivity contribution in [1.82, 2.24) is 15.3 Å². The number of nitrogens with zero attached hydrogens (tertiary/aromatic N) is 1. The number of hydrogen-bond donors (Lipinski definition) is 4. The van der Waals surface area contributed by atoms with E-state index in [0.29, 0.717) is 6.42 Å². The average Bonchev–Trinajstić information content (AvgIpc) is 3.03. The predicted octanol–water partition coefficient (Wildman–Crippen LogP) is 1.04. The van der Waals surface area contributed by atoms with Gasteiger partial charge in [0, 0.05) is 37.0 Å². The molecule has 0 aliphatic carbocycles. The van der Waals surface area contributed by atoms with Gasteiger partial charge in [-0.25, -0.2) is 4.98 Å². The number of aromatic amines is 1. The molecule has 0 fully saturated rings. The standard InChI is InChI=1S/C17H23N5O2/c1-11-3-4-15(12(2)7-11)22-16(23)5-6-20-17(24)14(18)8-13-9-19-10-21-13/h3-4,7,9-10,14H,5-6,8,18H2,1-2H3,(H,19,21)(H,20,24)(H,22,23)/t14-/m0/s1. The molecule has 0 spiro atoms. The Bertz CT molecular complexity index is 697. The number of carbonyl (C=O) groups excluding carboxylic acids is 2. The van der Waals surface area contributed by atoms with E-state index in [1.165, 1.54) is 6.33 Å². The molecule has 0 saturated carbocycles. The predicted molar refractivity (Wildman–Crippen MR) is 92.4 cm³/mol. The van der Waals surface area contributed by atoms with Gasteiger partial charge in [-0.1, -0.05) is 17.7 Å². The number of aryl methyl sites for hydroxylation is 2. The van der Waals surface area contributed by atoms with Crippen LogP contribution in [0.3, 0.4) is 0 Å². The van der Waals surface area contributed by atoms with Gasteiger partial charge in [-0.05, 0) is 25.5 Å². The molecule has 1 atom stereocenters. The van der Waals surface area contributed by atoms with Crippen LogP contribution in [0.2, 0.25) is 0 Å². The van der Waals surface area contributed by atoms with E-state index in [1.54, 1.807) is 6.20 Å². The Morgan fingerprint density at radius 3 is 2.79 bits per heavy atom. The number of anilines is 1. The van der Waals surface area contributed by atoms with Crippen LogP contribution in [0.25, 0.3) is 0 Å². The quantitative estimate of drug-likeness (QED) is 0.608. The van der Waals surface area contributed by atoms with Crippen LogP contribution in [0, 0.1) is 13.8 Å². The number of H-pyrrole nitrogens is 1. The molecule has 1 aromatic heterocycles. The summed E-state index contributed by atoms with van der Waals surface area (Å²) in [4.78, 5) is 30.6. The summed E-state index contributed by atoms with van der Waals surface area (Å²) in [5.41, 5.74) is 9.56. The number of amides is 2. The minimum atomic E-state index is -0.673. The van der Waals surface area contributed by atoms with Crippen LogP contribution >= 0.6 is 0 Å². The van der Waals surface area contributed by atoms with E-state index in [0.717, 1.165) is 22.5 Å². The fourth-order valence-electron chi connectivity index (χ4n) is 2.32. The van der Waals surface area contributed by atoms with Gasteiger partial charge in [-0.15, -0.1) is 0 Å². The maximum absolute atomic E-state index is 12.0. The van der Waals surface area contributed by atoms with E-state index in [2.05, 4.69) is 20.6 Å². The van der Waals surface area contributed by atoms with E-state index in [9.17, 15) is 9.59 Å². The summed E-state index contributed by atoms with van der Waals surface area (Å²) in [7, 11) is 0. The molecule has 1 aromatic carbocycles. The maximum atomic E-state index is 12.0. The molecule has 2 aromatic rings. The van der Waals surface area contributed by atoms with Crippen molar-refractivity contribution in [2.24, 2.45) is 5.73 Å². The summed E-state index contributed by atoms with van der Waals surface area (Å²) in [6.07, 6.45) is 3.73. The molecule has 2 rings (SSSR count). The lowest BCUT2D eigenvalue weighted by Gasteiger charge is -2.12. The Morgan fingerprint density at radius 2 is 2.12 bits per heavy atom. The van der Waals surface area contributed by atoms with Crippen LogP contribution in [-0.4, -0.2) is 34.4 Å². The maximum Gasteiger partial charge on any atom is 0.237 e. The smallest absolute Gasteiger partial charge is 0.237 e. The van der Waals surface area contributed by atoms with Crippen LogP contribution in [0.15, 0.2) is 30.7 Å². The van der Waals surface area contributed by atoms with Gasteiger partial charge < -0.3 is 21.4 Å². The van der Waals surface area contributed by atoms with Crippen LogP contribution in [0.4, 0.5) is 5.69 Å². The van der Waals surface area contributed by atoms with E-state index in [1.807, 2.05) is 32.0 Å². The molecule has 0 saturated heterocycles. The third kappa shape index (κ3) is 5.20. The second kappa shape index (κ2) is 8.26. The largest absolute Gasteiger partial charge is 0.354 e. The Balaban J connectivity index is 1.72. The first kappa shape index (κ1) is 17.7. The van der Waals surface area contributed by atoms with Crippen LogP contribution < -0.4 is 16.4 Å². The molecule has 1 heterocycles. The Hall–Kier alpha value is -2.67. The number of rotatable bonds is 7. The first-order valence-electron chi connectivity index (χ1n) is 7.83. The highest BCUT2D eigenvalue weighted by Gasteiger charge is 2.14. The third-order valence-electron chi connectivity index (χ3n) is 3.64. The summed E-state index contributed by atoms with van der Waals surface area (Å²) in [6.45, 7) is 4.19. The number of benzene rings is 1. The van der Waals surface area contributed by atoms with Gasteiger partial charge >= 0.3 is 0 Å². The number of hydrogen-bond acceptors (Lipinski definition) is 4. The van der Waals surface area contributed by atoms with Crippen molar-refractivity contribution in [3.63, 3.8) is 0 Å². The van der Waals surface area contributed by atoms with Crippen molar-refractivity contribution < 1.29 is 9.59 Å². The lowest BCUT2D eigenvalue weighted by atomic mass is 10.1. The Morgan fingerprint density at radius 1 is 1.33 bits per heavy atom. The molecule has 128 valence electrons. The zero-order chi connectivity index (χ0) is 17.5. The highest BCUT2D eigenvalue weighted by Crippen LogP contribution is 2.15. The second-order valence-corrected chi connectivity index (χ2v) is 5.80. The normalized spacial score (nSPS) is 11.8. The van der Waals surface area contributed by atoms with Crippen molar-refractivity contribution in [2.45, 2.75) is 32.7 Å². The first-order chi connectivity index (χ1) is 11.5. The van der Waals surface area contributed by atoms with Gasteiger partial charge in [0.15, 0.2) is 0 Å². The van der Waals surface area contributed by atoms with Gasteiger partial charge in [0.2, 0.25) is 11.8 Å². The van der Waals surface area contributed by atoms with Crippen LogP contribution in [0.1, 0.15) is 23.2 Å². The molecule has 0 unspecified atom stereocenters. The highest BCUT2D eigenvalue weighted by molar-refractivity contribution is 5.92. The van der Waals surface area contributed by atoms with Crippen molar-refractivity contribution >= 4 is 17.5 Å². The summed E-state index contributed by atoms with van der Waals surface area (Å²) in [6, 6.07) is 5.15. The Kier molecular flexibility index (Phi) is 6.08. The molecule has 5 N–H and O–H groups in total. The van der Waals surface area contributed by atoms with E-state index in [4.69, 9.17) is 5.73 Å². The number of carbonyl (C=O) groups is 2. The summed E-state index contributed by atoms with van der Waals surface area (Å²) in [5, 5.41) is 5.52. The van der Waals surface area contributed by atoms with Crippen molar-refractivity contribution in [1.29, 1.82) is 0 Å². The molecule has 7 nitrogen and oxygen atoms in total. The summed E-state index contributed by atoms with van der Waals surface area (Å²) in [5.74, 6) is -0.437. The minimum Gasteiger partial charge on any atom is -0.354 e. The lowest BCUT2D eigenvalue weighted by molar-refractivity contribution is -0.122. The topological polar surface area (TPSA) is 113 Å². The van der Waals surface area contributed by atoms with Gasteiger partial charge in [-0.2, -0.15) is 0 Å². The average molecular weight is 329 g/mol. The van der Waals surface area contributed by atoms with Crippen LogP contribution in [-0.2, 0) is 16.0 Å². The van der Waals surface area contributed by atoms with Crippen molar-refractivity contribution in [2.75, 3.05) is 11.9 Å². The lowest BCUT2D eigenvalue weighted by Crippen LogP contribution is -2.43.